The number of likely N-dealkylation sites (tertiary alicyclic amines) is 1. The van der Waals surface area contributed by atoms with E-state index in [9.17, 15) is 9.90 Å². The van der Waals surface area contributed by atoms with Crippen LogP contribution in [0.1, 0.15) is 23.2 Å². The fourth-order valence-electron chi connectivity index (χ4n) is 2.09. The first kappa shape index (κ1) is 15.0. The molecule has 104 valence electrons. The van der Waals surface area contributed by atoms with Crippen molar-refractivity contribution in [2.75, 3.05) is 19.3 Å². The minimum atomic E-state index is -0.300. The minimum Gasteiger partial charge on any atom is -0.393 e. The van der Waals surface area contributed by atoms with E-state index in [2.05, 4.69) is 0 Å². The maximum Gasteiger partial charge on any atom is 0.255 e. The van der Waals surface area contributed by atoms with Gasteiger partial charge in [-0.05, 0) is 31.2 Å². The molecule has 19 heavy (non-hydrogen) atoms. The van der Waals surface area contributed by atoms with E-state index >= 15 is 0 Å². The number of carbonyl (C=O) groups excluding carboxylic acids is 1. The van der Waals surface area contributed by atoms with Gasteiger partial charge in [-0.25, -0.2) is 0 Å². The molecule has 6 heteroatoms. The van der Waals surface area contributed by atoms with E-state index in [-0.39, 0.29) is 12.0 Å². The second-order valence-electron chi connectivity index (χ2n) is 4.49. The summed E-state index contributed by atoms with van der Waals surface area (Å²) in [4.78, 5) is 15.0. The van der Waals surface area contributed by atoms with Crippen molar-refractivity contribution in [3.8, 4) is 0 Å². The molecule has 1 amide bonds. The average molecular weight is 320 g/mol. The number of rotatable bonds is 2. The largest absolute Gasteiger partial charge is 0.393 e. The van der Waals surface area contributed by atoms with Crippen LogP contribution in [0.2, 0.25) is 10.0 Å². The Bertz CT molecular complexity index is 488. The second-order valence-corrected chi connectivity index (χ2v) is 6.15. The third-order valence-electron chi connectivity index (χ3n) is 3.22. The molecule has 0 atom stereocenters. The molecule has 1 heterocycles. The van der Waals surface area contributed by atoms with Gasteiger partial charge in [0.1, 0.15) is 0 Å². The topological polar surface area (TPSA) is 40.5 Å². The summed E-state index contributed by atoms with van der Waals surface area (Å²) in [5, 5.41) is 10.4. The Kier molecular flexibility index (Phi) is 5.01. The van der Waals surface area contributed by atoms with Gasteiger partial charge in [-0.2, -0.15) is 0 Å². The van der Waals surface area contributed by atoms with Gasteiger partial charge in [0.05, 0.1) is 21.7 Å². The zero-order valence-electron chi connectivity index (χ0n) is 10.5. The van der Waals surface area contributed by atoms with E-state index in [1.165, 1.54) is 11.8 Å². The number of piperidine rings is 1. The van der Waals surface area contributed by atoms with Crippen molar-refractivity contribution in [1.82, 2.24) is 4.90 Å². The molecule has 2 rings (SSSR count). The van der Waals surface area contributed by atoms with Crippen molar-refractivity contribution in [3.63, 3.8) is 0 Å². The zero-order valence-corrected chi connectivity index (χ0v) is 12.9. The second kappa shape index (κ2) is 6.35. The third kappa shape index (κ3) is 3.37. The highest BCUT2D eigenvalue weighted by atomic mass is 35.5. The summed E-state index contributed by atoms with van der Waals surface area (Å²) in [5.41, 5.74) is 0.479. The first-order chi connectivity index (χ1) is 9.02. The number of aliphatic hydroxyl groups excluding tert-OH is 1. The lowest BCUT2D eigenvalue weighted by Gasteiger charge is -2.30. The van der Waals surface area contributed by atoms with Crippen LogP contribution in [0.5, 0.6) is 0 Å². The molecule has 0 spiro atoms. The number of hydrogen-bond donors (Lipinski definition) is 1. The van der Waals surface area contributed by atoms with Crippen LogP contribution < -0.4 is 0 Å². The predicted molar refractivity (Wildman–Crippen MR) is 79.4 cm³/mol. The van der Waals surface area contributed by atoms with Gasteiger partial charge < -0.3 is 10.0 Å². The maximum absolute atomic E-state index is 12.4. The molecule has 1 aromatic rings. The predicted octanol–water partition coefficient (Wildman–Crippen LogP) is 3.31. The Hall–Kier alpha value is -0.420. The van der Waals surface area contributed by atoms with Crippen molar-refractivity contribution in [2.45, 2.75) is 23.8 Å². The molecule has 1 aliphatic heterocycles. The van der Waals surface area contributed by atoms with E-state index in [1.54, 1.807) is 17.0 Å². The van der Waals surface area contributed by atoms with Gasteiger partial charge in [-0.15, -0.1) is 11.8 Å². The Morgan fingerprint density at radius 1 is 1.32 bits per heavy atom. The minimum absolute atomic E-state index is 0.0936. The summed E-state index contributed by atoms with van der Waals surface area (Å²) >= 11 is 13.6. The lowest BCUT2D eigenvalue weighted by Crippen LogP contribution is -2.40. The number of halogens is 2. The average Bonchev–Trinajstić information content (AvgIpc) is 2.39. The van der Waals surface area contributed by atoms with Gasteiger partial charge in [-0.3, -0.25) is 4.79 Å². The summed E-state index contributed by atoms with van der Waals surface area (Å²) < 4.78 is 0. The standard InChI is InChI=1S/C13H15Cl2NO2S/c1-19-12-6-9(10(14)7-11(12)15)13(18)16-4-2-8(17)3-5-16/h6-8,17H,2-5H2,1H3. The first-order valence-electron chi connectivity index (χ1n) is 6.03. The number of amides is 1. The van der Waals surface area contributed by atoms with Crippen LogP contribution in [0.25, 0.3) is 0 Å². The quantitative estimate of drug-likeness (QED) is 0.850. The fraction of sp³-hybridized carbons (Fsp3) is 0.462. The summed E-state index contributed by atoms with van der Waals surface area (Å²) in [5.74, 6) is -0.0936. The smallest absolute Gasteiger partial charge is 0.255 e. The molecular weight excluding hydrogens is 305 g/mol. The molecule has 0 saturated carbocycles. The van der Waals surface area contributed by atoms with Gasteiger partial charge >= 0.3 is 0 Å². The van der Waals surface area contributed by atoms with E-state index in [1.807, 2.05) is 6.26 Å². The maximum atomic E-state index is 12.4. The molecule has 0 aliphatic carbocycles. The lowest BCUT2D eigenvalue weighted by atomic mass is 10.1. The van der Waals surface area contributed by atoms with Crippen LogP contribution in [0.3, 0.4) is 0 Å². The van der Waals surface area contributed by atoms with E-state index in [0.717, 1.165) is 4.90 Å². The SMILES string of the molecule is CSc1cc(C(=O)N2CCC(O)CC2)c(Cl)cc1Cl. The van der Waals surface area contributed by atoms with Crippen molar-refractivity contribution >= 4 is 40.9 Å². The molecule has 1 fully saturated rings. The highest BCUT2D eigenvalue weighted by Gasteiger charge is 2.24. The van der Waals surface area contributed by atoms with Gasteiger partial charge in [-0.1, -0.05) is 23.2 Å². The van der Waals surface area contributed by atoms with Crippen LogP contribution >= 0.6 is 35.0 Å². The molecule has 0 unspecified atom stereocenters. The van der Waals surface area contributed by atoms with Gasteiger partial charge in [0.2, 0.25) is 0 Å². The molecule has 1 saturated heterocycles. The molecule has 1 aromatic carbocycles. The molecule has 1 N–H and O–H groups in total. The Balaban J connectivity index is 2.23. The normalized spacial score (nSPS) is 16.7. The van der Waals surface area contributed by atoms with Crippen LogP contribution in [0, 0.1) is 0 Å². The highest BCUT2D eigenvalue weighted by molar-refractivity contribution is 7.98. The fourth-order valence-corrected chi connectivity index (χ4v) is 3.27. The van der Waals surface area contributed by atoms with Crippen LogP contribution in [-0.4, -0.2) is 41.4 Å². The van der Waals surface area contributed by atoms with Gasteiger partial charge in [0.15, 0.2) is 0 Å². The van der Waals surface area contributed by atoms with Gasteiger partial charge in [0.25, 0.3) is 5.91 Å². The van der Waals surface area contributed by atoms with E-state index in [0.29, 0.717) is 41.5 Å². The summed E-state index contributed by atoms with van der Waals surface area (Å²) in [6.07, 6.45) is 2.84. The molecular formula is C13H15Cl2NO2S. The molecule has 0 aromatic heterocycles. The number of hydrogen-bond acceptors (Lipinski definition) is 3. The molecule has 0 radical (unpaired) electrons. The van der Waals surface area contributed by atoms with Crippen LogP contribution in [0.15, 0.2) is 17.0 Å². The van der Waals surface area contributed by atoms with Gasteiger partial charge in [0, 0.05) is 18.0 Å². The van der Waals surface area contributed by atoms with Crippen molar-refractivity contribution in [2.24, 2.45) is 0 Å². The number of carbonyl (C=O) groups is 1. The van der Waals surface area contributed by atoms with E-state index < -0.39 is 0 Å². The summed E-state index contributed by atoms with van der Waals surface area (Å²) in [6, 6.07) is 3.35. The zero-order chi connectivity index (χ0) is 14.0. The van der Waals surface area contributed by atoms with E-state index in [4.69, 9.17) is 23.2 Å². The third-order valence-corrected chi connectivity index (χ3v) is 4.74. The summed E-state index contributed by atoms with van der Waals surface area (Å²) in [7, 11) is 0. The first-order valence-corrected chi connectivity index (χ1v) is 8.01. The number of thioether (sulfide) groups is 1. The Morgan fingerprint density at radius 3 is 2.53 bits per heavy atom. The highest BCUT2D eigenvalue weighted by Crippen LogP contribution is 2.32. The monoisotopic (exact) mass is 319 g/mol. The molecule has 0 bridgehead atoms. The number of nitrogens with zero attached hydrogens (tertiary/aromatic N) is 1. The number of benzene rings is 1. The van der Waals surface area contributed by atoms with Crippen molar-refractivity contribution in [3.05, 3.63) is 27.7 Å². The summed E-state index contributed by atoms with van der Waals surface area (Å²) in [6.45, 7) is 1.13. The van der Waals surface area contributed by atoms with Crippen LogP contribution in [-0.2, 0) is 0 Å². The van der Waals surface area contributed by atoms with Crippen molar-refractivity contribution < 1.29 is 9.90 Å². The number of aliphatic hydroxyl groups is 1. The van der Waals surface area contributed by atoms with Crippen LogP contribution in [0.4, 0.5) is 0 Å². The molecule has 1 aliphatic rings. The Morgan fingerprint density at radius 2 is 1.95 bits per heavy atom. The Labute approximate surface area is 126 Å². The van der Waals surface area contributed by atoms with Crippen molar-refractivity contribution in [1.29, 1.82) is 0 Å². The lowest BCUT2D eigenvalue weighted by molar-refractivity contribution is 0.0546. The molecule has 3 nitrogen and oxygen atoms in total.